The topological polar surface area (TPSA) is 102 Å². The molecule has 0 aromatic heterocycles. The molecule has 0 aliphatic carbocycles. The average molecular weight is 483 g/mol. The number of aryl methyl sites for hydroxylation is 1. The van der Waals surface area contributed by atoms with Crippen molar-refractivity contribution >= 4 is 27.6 Å². The van der Waals surface area contributed by atoms with Crippen LogP contribution in [-0.4, -0.2) is 44.8 Å². The van der Waals surface area contributed by atoms with Gasteiger partial charge in [0.15, 0.2) is 6.10 Å². The quantitative estimate of drug-likeness (QED) is 0.482. The maximum atomic E-state index is 12.8. The SMILES string of the molecule is Cc1ccc(S(=O)(=O)N(C)C)cc1NC(=O)C(C)OC(=O)c1ccccc1Oc1ccccc1. The van der Waals surface area contributed by atoms with E-state index in [1.54, 1.807) is 49.4 Å². The van der Waals surface area contributed by atoms with E-state index in [1.165, 1.54) is 33.2 Å². The number of carbonyl (C=O) groups excluding carboxylic acids is 2. The molecule has 0 heterocycles. The first-order chi connectivity index (χ1) is 16.1. The van der Waals surface area contributed by atoms with E-state index in [0.29, 0.717) is 22.7 Å². The maximum Gasteiger partial charge on any atom is 0.342 e. The zero-order chi connectivity index (χ0) is 24.9. The number of nitrogens with one attached hydrogen (secondary N) is 1. The monoisotopic (exact) mass is 482 g/mol. The van der Waals surface area contributed by atoms with E-state index in [2.05, 4.69) is 5.32 Å². The molecule has 3 rings (SSSR count). The first kappa shape index (κ1) is 24.9. The Labute approximate surface area is 199 Å². The van der Waals surface area contributed by atoms with Crippen LogP contribution in [0.2, 0.25) is 0 Å². The largest absolute Gasteiger partial charge is 0.456 e. The summed E-state index contributed by atoms with van der Waals surface area (Å²) in [6.07, 6.45) is -1.15. The standard InChI is InChI=1S/C25H26N2O6S/c1-17-14-15-20(34(30,31)27(3)4)16-22(17)26-24(28)18(2)32-25(29)21-12-8-9-13-23(21)33-19-10-6-5-7-11-19/h5-16,18H,1-4H3,(H,26,28). The van der Waals surface area contributed by atoms with Gasteiger partial charge in [-0.3, -0.25) is 4.79 Å². The summed E-state index contributed by atoms with van der Waals surface area (Å²) in [5, 5.41) is 2.64. The number of nitrogens with zero attached hydrogens (tertiary/aromatic N) is 1. The molecule has 9 heteroatoms. The molecular weight excluding hydrogens is 456 g/mol. The molecule has 1 N–H and O–H groups in total. The number of para-hydroxylation sites is 2. The molecule has 3 aromatic rings. The van der Waals surface area contributed by atoms with E-state index in [9.17, 15) is 18.0 Å². The summed E-state index contributed by atoms with van der Waals surface area (Å²) in [6, 6.07) is 20.0. The number of amides is 1. The second kappa shape index (κ2) is 10.5. The van der Waals surface area contributed by atoms with Gasteiger partial charge in [-0.25, -0.2) is 17.5 Å². The third kappa shape index (κ3) is 5.81. The lowest BCUT2D eigenvalue weighted by atomic mass is 10.2. The van der Waals surface area contributed by atoms with E-state index < -0.39 is 28.0 Å². The lowest BCUT2D eigenvalue weighted by Crippen LogP contribution is -2.30. The first-order valence-electron chi connectivity index (χ1n) is 10.5. The highest BCUT2D eigenvalue weighted by atomic mass is 32.2. The van der Waals surface area contributed by atoms with Gasteiger partial charge < -0.3 is 14.8 Å². The van der Waals surface area contributed by atoms with Crippen molar-refractivity contribution in [3.63, 3.8) is 0 Å². The second-order valence-electron chi connectivity index (χ2n) is 7.71. The Morgan fingerprint density at radius 3 is 2.26 bits per heavy atom. The second-order valence-corrected chi connectivity index (χ2v) is 9.86. The van der Waals surface area contributed by atoms with E-state index in [4.69, 9.17) is 9.47 Å². The molecule has 1 atom stereocenters. The Morgan fingerprint density at radius 2 is 1.59 bits per heavy atom. The number of carbonyl (C=O) groups is 2. The Bertz CT molecular complexity index is 1290. The van der Waals surface area contributed by atoms with Crippen LogP contribution < -0.4 is 10.1 Å². The molecule has 1 unspecified atom stereocenters. The van der Waals surface area contributed by atoms with Crippen molar-refractivity contribution in [3.8, 4) is 11.5 Å². The van der Waals surface area contributed by atoms with Crippen LogP contribution in [-0.2, 0) is 19.6 Å². The minimum atomic E-state index is -3.68. The van der Waals surface area contributed by atoms with Crippen LogP contribution in [0.25, 0.3) is 0 Å². The number of sulfonamides is 1. The smallest absolute Gasteiger partial charge is 0.342 e. The average Bonchev–Trinajstić information content (AvgIpc) is 2.81. The lowest BCUT2D eigenvalue weighted by molar-refractivity contribution is -0.123. The number of benzene rings is 3. The van der Waals surface area contributed by atoms with Gasteiger partial charge in [0.25, 0.3) is 5.91 Å². The summed E-state index contributed by atoms with van der Waals surface area (Å²) < 4.78 is 37.1. The maximum absolute atomic E-state index is 12.8. The number of esters is 1. The van der Waals surface area contributed by atoms with E-state index in [0.717, 1.165) is 4.31 Å². The van der Waals surface area contributed by atoms with Crippen molar-refractivity contribution in [2.75, 3.05) is 19.4 Å². The van der Waals surface area contributed by atoms with E-state index >= 15 is 0 Å². The van der Waals surface area contributed by atoms with Crippen LogP contribution >= 0.6 is 0 Å². The molecule has 0 radical (unpaired) electrons. The van der Waals surface area contributed by atoms with E-state index in [-0.39, 0.29) is 10.5 Å². The van der Waals surface area contributed by atoms with Crippen LogP contribution in [0.15, 0.2) is 77.7 Å². The molecule has 0 saturated heterocycles. The van der Waals surface area contributed by atoms with Gasteiger partial charge in [0.05, 0.1) is 4.90 Å². The van der Waals surface area contributed by atoms with Gasteiger partial charge in [-0.15, -0.1) is 0 Å². The summed E-state index contributed by atoms with van der Waals surface area (Å²) in [5.41, 5.74) is 1.14. The molecule has 0 spiro atoms. The van der Waals surface area contributed by atoms with Crippen molar-refractivity contribution in [2.45, 2.75) is 24.8 Å². The van der Waals surface area contributed by atoms with Gasteiger partial charge in [0, 0.05) is 19.8 Å². The van der Waals surface area contributed by atoms with Crippen molar-refractivity contribution < 1.29 is 27.5 Å². The summed E-state index contributed by atoms with van der Waals surface area (Å²) in [6.45, 7) is 3.17. The van der Waals surface area contributed by atoms with Crippen molar-refractivity contribution in [2.24, 2.45) is 0 Å². The molecule has 3 aromatic carbocycles. The predicted molar refractivity (Wildman–Crippen MR) is 129 cm³/mol. The number of hydrogen-bond donors (Lipinski definition) is 1. The predicted octanol–water partition coefficient (Wildman–Crippen LogP) is 4.22. The van der Waals surface area contributed by atoms with Gasteiger partial charge >= 0.3 is 5.97 Å². The van der Waals surface area contributed by atoms with Gasteiger partial charge in [0.2, 0.25) is 10.0 Å². The molecule has 8 nitrogen and oxygen atoms in total. The molecule has 0 aliphatic rings. The number of anilines is 1. The third-order valence-electron chi connectivity index (χ3n) is 4.98. The fourth-order valence-electron chi connectivity index (χ4n) is 2.96. The van der Waals surface area contributed by atoms with E-state index in [1.807, 2.05) is 18.2 Å². The van der Waals surface area contributed by atoms with Crippen LogP contribution in [0.5, 0.6) is 11.5 Å². The van der Waals surface area contributed by atoms with Gasteiger partial charge in [-0.1, -0.05) is 36.4 Å². The minimum Gasteiger partial charge on any atom is -0.456 e. The zero-order valence-corrected chi connectivity index (χ0v) is 20.1. The zero-order valence-electron chi connectivity index (χ0n) is 19.3. The lowest BCUT2D eigenvalue weighted by Gasteiger charge is -2.17. The van der Waals surface area contributed by atoms with Crippen molar-refractivity contribution in [1.82, 2.24) is 4.31 Å². The summed E-state index contributed by atoms with van der Waals surface area (Å²) >= 11 is 0. The van der Waals surface area contributed by atoms with Gasteiger partial charge in [-0.2, -0.15) is 0 Å². The molecule has 1 amide bonds. The van der Waals surface area contributed by atoms with Gasteiger partial charge in [-0.05, 0) is 55.8 Å². The third-order valence-corrected chi connectivity index (χ3v) is 6.79. The van der Waals surface area contributed by atoms with Crippen LogP contribution in [0.1, 0.15) is 22.8 Å². The molecule has 0 aliphatic heterocycles. The van der Waals surface area contributed by atoms with Crippen molar-refractivity contribution in [1.29, 1.82) is 0 Å². The Kier molecular flexibility index (Phi) is 7.70. The fourth-order valence-corrected chi connectivity index (χ4v) is 3.89. The van der Waals surface area contributed by atoms with Crippen LogP contribution in [0.3, 0.4) is 0 Å². The minimum absolute atomic E-state index is 0.0371. The highest BCUT2D eigenvalue weighted by Gasteiger charge is 2.23. The summed E-state index contributed by atoms with van der Waals surface area (Å²) in [7, 11) is -0.825. The molecular formula is C25H26N2O6S. The molecule has 178 valence electrons. The number of ether oxygens (including phenoxy) is 2. The van der Waals surface area contributed by atoms with Crippen LogP contribution in [0.4, 0.5) is 5.69 Å². The summed E-state index contributed by atoms with van der Waals surface area (Å²) in [4.78, 5) is 25.5. The highest BCUT2D eigenvalue weighted by Crippen LogP contribution is 2.26. The fraction of sp³-hybridized carbons (Fsp3) is 0.200. The number of hydrogen-bond acceptors (Lipinski definition) is 6. The Hall–Kier alpha value is -3.69. The Morgan fingerprint density at radius 1 is 0.941 bits per heavy atom. The summed E-state index contributed by atoms with van der Waals surface area (Å²) in [5.74, 6) is -0.479. The molecule has 0 bridgehead atoms. The van der Waals surface area contributed by atoms with Crippen LogP contribution in [0, 0.1) is 6.92 Å². The Balaban J connectivity index is 1.73. The van der Waals surface area contributed by atoms with Gasteiger partial charge in [0.1, 0.15) is 17.1 Å². The van der Waals surface area contributed by atoms with Crippen molar-refractivity contribution in [3.05, 3.63) is 83.9 Å². The highest BCUT2D eigenvalue weighted by molar-refractivity contribution is 7.89. The normalized spacial score (nSPS) is 12.1. The molecule has 34 heavy (non-hydrogen) atoms. The molecule has 0 saturated carbocycles. The first-order valence-corrected chi connectivity index (χ1v) is 11.9. The molecule has 0 fully saturated rings. The number of rotatable bonds is 8.